The van der Waals surface area contributed by atoms with Crippen LogP contribution in [-0.2, 0) is 13.6 Å². The fraction of sp³-hybridized carbons (Fsp3) is 0.105. The molecule has 3 aromatic heterocycles. The van der Waals surface area contributed by atoms with Crippen molar-refractivity contribution in [1.82, 2.24) is 15.1 Å². The normalized spacial score (nSPS) is 11.0. The van der Waals surface area contributed by atoms with E-state index in [0.29, 0.717) is 18.1 Å². The largest absolute Gasteiger partial charge is 0.393 e. The number of fused-ring (bicyclic) bond motifs is 1. The van der Waals surface area contributed by atoms with Crippen LogP contribution >= 0.6 is 0 Å². The smallest absolute Gasteiger partial charge is 0.207 e. The van der Waals surface area contributed by atoms with Crippen LogP contribution in [0.4, 0.5) is 11.5 Å². The molecule has 0 aliphatic rings. The van der Waals surface area contributed by atoms with Gasteiger partial charge in [0.15, 0.2) is 7.05 Å². The van der Waals surface area contributed by atoms with E-state index in [-0.39, 0.29) is 11.1 Å². The molecular formula is C19H20N7O+. The van der Waals surface area contributed by atoms with Gasteiger partial charge in [-0.15, -0.1) is 4.68 Å². The quantitative estimate of drug-likeness (QED) is 0.247. The minimum absolute atomic E-state index is 0.0867. The number of nitrogens with two attached hydrogens (primary N) is 2. The molecule has 1 aromatic carbocycles. The Kier molecular flexibility index (Phi) is 4.09. The summed E-state index contributed by atoms with van der Waals surface area (Å²) in [6.07, 6.45) is 5.42. The van der Waals surface area contributed by atoms with E-state index in [2.05, 4.69) is 15.1 Å². The molecule has 0 radical (unpaired) electrons. The number of nitrogens with one attached hydrogen (secondary N) is 2. The van der Waals surface area contributed by atoms with Gasteiger partial charge in [-0.25, -0.2) is 5.84 Å². The van der Waals surface area contributed by atoms with E-state index in [9.17, 15) is 4.79 Å². The molecule has 0 atom stereocenters. The Morgan fingerprint density at radius 2 is 2.11 bits per heavy atom. The predicted octanol–water partition coefficient (Wildman–Crippen LogP) is 1.21. The van der Waals surface area contributed by atoms with Crippen molar-refractivity contribution in [3.8, 4) is 11.3 Å². The van der Waals surface area contributed by atoms with Crippen molar-refractivity contribution in [3.05, 3.63) is 70.8 Å². The molecule has 136 valence electrons. The summed E-state index contributed by atoms with van der Waals surface area (Å²) in [4.78, 5) is 19.8. The average molecular weight is 362 g/mol. The highest BCUT2D eigenvalue weighted by molar-refractivity contribution is 5.79. The maximum atomic E-state index is 12.3. The first kappa shape index (κ1) is 16.8. The summed E-state index contributed by atoms with van der Waals surface area (Å²) in [5.41, 5.74) is 9.17. The maximum absolute atomic E-state index is 12.3. The molecule has 0 saturated heterocycles. The van der Waals surface area contributed by atoms with Crippen molar-refractivity contribution in [2.75, 3.05) is 10.7 Å². The van der Waals surface area contributed by atoms with Crippen LogP contribution in [0.5, 0.6) is 0 Å². The molecule has 8 nitrogen and oxygen atoms in total. The number of nitrogen functional groups attached to an aromatic ring is 1. The van der Waals surface area contributed by atoms with Gasteiger partial charge in [0.1, 0.15) is 11.5 Å². The van der Waals surface area contributed by atoms with Crippen LogP contribution in [0.25, 0.3) is 22.2 Å². The van der Waals surface area contributed by atoms with Gasteiger partial charge in [0.05, 0.1) is 29.5 Å². The standard InChI is InChI=1S/C19H19N7O/c1-25-11-14(9-23-25)16-8-17(27)18(20)19(24-16)26(21)10-12-4-5-15-13(7-12)3-2-6-22-15/h2-9,11H,10,20-21H2,1H3,(H,24,27)/p+1. The van der Waals surface area contributed by atoms with E-state index >= 15 is 0 Å². The highest BCUT2D eigenvalue weighted by atomic mass is 16.1. The molecule has 4 aromatic rings. The molecule has 4 rings (SSSR count). The Labute approximate surface area is 155 Å². The second kappa shape index (κ2) is 6.58. The molecule has 0 amide bonds. The van der Waals surface area contributed by atoms with Crippen LogP contribution in [0, 0.1) is 0 Å². The predicted molar refractivity (Wildman–Crippen MR) is 105 cm³/mol. The van der Waals surface area contributed by atoms with Crippen molar-refractivity contribution in [2.24, 2.45) is 12.9 Å². The zero-order valence-electron chi connectivity index (χ0n) is 14.8. The Morgan fingerprint density at radius 3 is 2.89 bits per heavy atom. The Morgan fingerprint density at radius 1 is 1.26 bits per heavy atom. The summed E-state index contributed by atoms with van der Waals surface area (Å²) in [6, 6.07) is 11.3. The number of hydrogen-bond acceptors (Lipinski definition) is 5. The third-order valence-corrected chi connectivity index (χ3v) is 4.42. The molecular weight excluding hydrogens is 342 g/mol. The molecule has 0 aliphatic heterocycles. The first-order valence-electron chi connectivity index (χ1n) is 8.44. The van der Waals surface area contributed by atoms with Gasteiger partial charge >= 0.3 is 0 Å². The van der Waals surface area contributed by atoms with Gasteiger partial charge in [-0.05, 0) is 23.8 Å². The van der Waals surface area contributed by atoms with E-state index in [0.717, 1.165) is 22.0 Å². The third-order valence-electron chi connectivity index (χ3n) is 4.42. The summed E-state index contributed by atoms with van der Waals surface area (Å²) < 4.78 is 1.78. The van der Waals surface area contributed by atoms with Crippen LogP contribution in [0.1, 0.15) is 5.56 Å². The van der Waals surface area contributed by atoms with E-state index < -0.39 is 0 Å². The monoisotopic (exact) mass is 362 g/mol. The summed E-state index contributed by atoms with van der Waals surface area (Å²) in [5.74, 6) is 6.63. The summed E-state index contributed by atoms with van der Waals surface area (Å²) in [7, 11) is 1.86. The van der Waals surface area contributed by atoms with Gasteiger partial charge in [0, 0.05) is 17.6 Å². The third kappa shape index (κ3) is 3.25. The van der Waals surface area contributed by atoms with Gasteiger partial charge in [-0.3, -0.25) is 14.8 Å². The van der Waals surface area contributed by atoms with Crippen molar-refractivity contribution in [1.29, 1.82) is 0 Å². The lowest BCUT2D eigenvalue weighted by atomic mass is 10.1. The summed E-state index contributed by atoms with van der Waals surface area (Å²) in [6.45, 7) is 0.384. The average Bonchev–Trinajstić information content (AvgIpc) is 3.10. The van der Waals surface area contributed by atoms with Gasteiger partial charge in [0.25, 0.3) is 0 Å². The van der Waals surface area contributed by atoms with Crippen molar-refractivity contribution >= 4 is 22.4 Å². The number of hydrazine groups is 1. The lowest BCUT2D eigenvalue weighted by Crippen LogP contribution is -2.33. The Balaban J connectivity index is 1.68. The van der Waals surface area contributed by atoms with Crippen molar-refractivity contribution < 1.29 is 4.68 Å². The van der Waals surface area contributed by atoms with Crippen molar-refractivity contribution in [2.45, 2.75) is 6.54 Å². The van der Waals surface area contributed by atoms with Gasteiger partial charge < -0.3 is 10.7 Å². The molecule has 6 N–H and O–H groups in total. The Bertz CT molecular complexity index is 1180. The number of anilines is 2. The molecule has 3 heterocycles. The topological polar surface area (TPSA) is 121 Å². The molecule has 0 saturated carbocycles. The fourth-order valence-corrected chi connectivity index (χ4v) is 3.04. The fourth-order valence-electron chi connectivity index (χ4n) is 3.04. The number of benzene rings is 1. The molecule has 8 heteroatoms. The zero-order valence-corrected chi connectivity index (χ0v) is 14.8. The van der Waals surface area contributed by atoms with E-state index in [1.165, 1.54) is 11.1 Å². The van der Waals surface area contributed by atoms with Crippen LogP contribution in [-0.4, -0.2) is 15.1 Å². The molecule has 0 unspecified atom stereocenters. The SMILES string of the molecule is C[n+]1cc(-c2cc(=O)c(N)c(N(N)Cc3ccc4ncccc4c3)[nH]2)c[nH]1. The minimum Gasteiger partial charge on any atom is -0.393 e. The highest BCUT2D eigenvalue weighted by Gasteiger charge is 2.15. The van der Waals surface area contributed by atoms with Crippen LogP contribution < -0.4 is 26.7 Å². The first-order chi connectivity index (χ1) is 13.0. The maximum Gasteiger partial charge on any atom is 0.207 e. The number of pyridine rings is 2. The van der Waals surface area contributed by atoms with Crippen molar-refractivity contribution in [3.63, 3.8) is 0 Å². The molecule has 0 bridgehead atoms. The van der Waals surface area contributed by atoms with E-state index in [1.54, 1.807) is 17.1 Å². The van der Waals surface area contributed by atoms with Crippen LogP contribution in [0.2, 0.25) is 0 Å². The zero-order chi connectivity index (χ0) is 19.0. The molecule has 0 spiro atoms. The minimum atomic E-state index is -0.277. The van der Waals surface area contributed by atoms with Gasteiger partial charge in [-0.1, -0.05) is 12.1 Å². The number of nitrogens with zero attached hydrogens (tertiary/aromatic N) is 3. The van der Waals surface area contributed by atoms with E-state index in [1.807, 2.05) is 43.6 Å². The number of H-pyrrole nitrogens is 2. The second-order valence-electron chi connectivity index (χ2n) is 6.44. The molecule has 27 heavy (non-hydrogen) atoms. The van der Waals surface area contributed by atoms with Crippen LogP contribution in [0.15, 0.2) is 59.8 Å². The van der Waals surface area contributed by atoms with E-state index in [4.69, 9.17) is 11.6 Å². The van der Waals surface area contributed by atoms with Crippen LogP contribution in [0.3, 0.4) is 0 Å². The second-order valence-corrected chi connectivity index (χ2v) is 6.44. The highest BCUT2D eigenvalue weighted by Crippen LogP contribution is 2.22. The molecule has 0 fully saturated rings. The summed E-state index contributed by atoms with van der Waals surface area (Å²) in [5, 5.41) is 5.49. The summed E-state index contributed by atoms with van der Waals surface area (Å²) >= 11 is 0. The number of hydrogen-bond donors (Lipinski definition) is 4. The van der Waals surface area contributed by atoms with Gasteiger partial charge in [0.2, 0.25) is 11.6 Å². The number of aromatic amines is 2. The lowest BCUT2D eigenvalue weighted by Gasteiger charge is -2.21. The number of rotatable bonds is 4. The number of aromatic nitrogens is 4. The number of aryl methyl sites for hydroxylation is 1. The van der Waals surface area contributed by atoms with Gasteiger partial charge in [-0.2, -0.15) is 5.10 Å². The first-order valence-corrected chi connectivity index (χ1v) is 8.44. The lowest BCUT2D eigenvalue weighted by molar-refractivity contribution is -0.726. The molecule has 0 aliphatic carbocycles. The Hall–Kier alpha value is -3.65.